The van der Waals surface area contributed by atoms with E-state index < -0.39 is 0 Å². The molecule has 0 radical (unpaired) electrons. The third-order valence-electron chi connectivity index (χ3n) is 4.28. The van der Waals surface area contributed by atoms with Crippen molar-refractivity contribution in [1.82, 2.24) is 4.98 Å². The van der Waals surface area contributed by atoms with Crippen LogP contribution >= 0.6 is 0 Å². The second kappa shape index (κ2) is 2.76. The van der Waals surface area contributed by atoms with Crippen LogP contribution in [0.1, 0.15) is 30.5 Å². The number of para-hydroxylation sites is 1. The summed E-state index contributed by atoms with van der Waals surface area (Å²) in [5.41, 5.74) is 3.98. The Morgan fingerprint density at radius 3 is 3.06 bits per heavy atom. The van der Waals surface area contributed by atoms with E-state index >= 15 is 0 Å². The summed E-state index contributed by atoms with van der Waals surface area (Å²) in [7, 11) is 0. The molecular weight excluding hydrogens is 196 g/mol. The van der Waals surface area contributed by atoms with Crippen LogP contribution in [0.15, 0.2) is 29.3 Å². The summed E-state index contributed by atoms with van der Waals surface area (Å²) in [6.45, 7) is 2.33. The number of nitrogens with zero attached hydrogens (tertiary/aromatic N) is 1. The highest BCUT2D eigenvalue weighted by Crippen LogP contribution is 2.49. The van der Waals surface area contributed by atoms with Crippen LogP contribution in [0, 0.1) is 5.92 Å². The van der Waals surface area contributed by atoms with Crippen molar-refractivity contribution < 1.29 is 0 Å². The molecule has 0 spiro atoms. The first kappa shape index (κ1) is 8.57. The van der Waals surface area contributed by atoms with Crippen LogP contribution in [0.2, 0.25) is 0 Å². The summed E-state index contributed by atoms with van der Waals surface area (Å²) in [4.78, 5) is 8.14. The Morgan fingerprint density at radius 1 is 1.31 bits per heavy atom. The van der Waals surface area contributed by atoms with Crippen molar-refractivity contribution in [2.45, 2.75) is 25.3 Å². The first-order valence-electron chi connectivity index (χ1n) is 5.98. The van der Waals surface area contributed by atoms with Gasteiger partial charge in [-0.25, -0.2) is 0 Å². The lowest BCUT2D eigenvalue weighted by Gasteiger charge is -2.39. The summed E-state index contributed by atoms with van der Waals surface area (Å²) < 4.78 is 0. The fourth-order valence-corrected chi connectivity index (χ4v) is 3.20. The number of hydrogen-bond donors (Lipinski definition) is 1. The maximum Gasteiger partial charge on any atom is 0.0608 e. The van der Waals surface area contributed by atoms with E-state index in [4.69, 9.17) is 0 Å². The van der Waals surface area contributed by atoms with Gasteiger partial charge in [0.2, 0.25) is 0 Å². The molecule has 2 aromatic rings. The molecule has 16 heavy (non-hydrogen) atoms. The van der Waals surface area contributed by atoms with Gasteiger partial charge in [-0.2, -0.15) is 0 Å². The van der Waals surface area contributed by atoms with Gasteiger partial charge in [-0.1, -0.05) is 25.1 Å². The Kier molecular flexibility index (Phi) is 1.48. The monoisotopic (exact) mass is 210 g/mol. The molecule has 1 N–H and O–H groups in total. The Hall–Kier alpha value is -1.57. The van der Waals surface area contributed by atoms with Crippen LogP contribution in [0.4, 0.5) is 0 Å². The van der Waals surface area contributed by atoms with Gasteiger partial charge < -0.3 is 4.98 Å². The zero-order chi connectivity index (χ0) is 10.7. The maximum absolute atomic E-state index is 4.65. The summed E-state index contributed by atoms with van der Waals surface area (Å²) in [5.74, 6) is 1.41. The molecule has 3 unspecified atom stereocenters. The van der Waals surface area contributed by atoms with E-state index in [9.17, 15) is 0 Å². The molecule has 2 heteroatoms. The van der Waals surface area contributed by atoms with Gasteiger partial charge in [0.15, 0.2) is 0 Å². The van der Waals surface area contributed by atoms with E-state index in [2.05, 4.69) is 41.2 Å². The molecule has 5 rings (SSSR count). The number of nitrogens with one attached hydrogen (secondary N) is 1. The van der Waals surface area contributed by atoms with Gasteiger partial charge in [-0.3, -0.25) is 4.99 Å². The number of rotatable bonds is 0. The molecule has 3 atom stereocenters. The minimum absolute atomic E-state index is 0.560. The van der Waals surface area contributed by atoms with Gasteiger partial charge in [0, 0.05) is 17.1 Å². The van der Waals surface area contributed by atoms with Crippen LogP contribution in [-0.2, 0) is 0 Å². The molecule has 3 aliphatic rings. The number of hydrogen-bond acceptors (Lipinski definition) is 1. The van der Waals surface area contributed by atoms with Crippen molar-refractivity contribution in [3.63, 3.8) is 0 Å². The van der Waals surface area contributed by atoms with Crippen LogP contribution in [-0.4, -0.2) is 17.2 Å². The molecule has 0 saturated heterocycles. The lowest BCUT2D eigenvalue weighted by atomic mass is 9.67. The Labute approximate surface area is 94.4 Å². The molecule has 1 aliphatic carbocycles. The predicted molar refractivity (Wildman–Crippen MR) is 66.2 cm³/mol. The summed E-state index contributed by atoms with van der Waals surface area (Å²) in [5, 5.41) is 1.39. The first-order valence-corrected chi connectivity index (χ1v) is 5.98. The largest absolute Gasteiger partial charge is 0.354 e. The molecule has 1 fully saturated rings. The number of aliphatic imine (C=N–C) groups is 1. The highest BCUT2D eigenvalue weighted by Gasteiger charge is 2.42. The quantitative estimate of drug-likeness (QED) is 0.692. The minimum Gasteiger partial charge on any atom is -0.354 e. The van der Waals surface area contributed by atoms with E-state index in [1.165, 1.54) is 28.6 Å². The van der Waals surface area contributed by atoms with Gasteiger partial charge in [-0.15, -0.1) is 0 Å². The normalized spacial score (nSPS) is 30.9. The Balaban J connectivity index is 2.06. The van der Waals surface area contributed by atoms with Crippen molar-refractivity contribution in [3.8, 4) is 0 Å². The topological polar surface area (TPSA) is 28.1 Å². The minimum atomic E-state index is 0.560. The zero-order valence-electron chi connectivity index (χ0n) is 9.27. The molecule has 3 heterocycles. The number of aromatic nitrogens is 1. The van der Waals surface area contributed by atoms with Crippen LogP contribution in [0.5, 0.6) is 0 Å². The third kappa shape index (κ3) is 0.902. The number of fused-ring (bicyclic) bond motifs is 1. The van der Waals surface area contributed by atoms with E-state index in [-0.39, 0.29) is 0 Å². The van der Waals surface area contributed by atoms with E-state index in [0.717, 1.165) is 0 Å². The van der Waals surface area contributed by atoms with Crippen LogP contribution < -0.4 is 0 Å². The number of benzene rings is 1. The molecule has 2 bridgehead atoms. The van der Waals surface area contributed by atoms with Gasteiger partial charge in [-0.05, 0) is 29.9 Å². The molecule has 2 nitrogen and oxygen atoms in total. The lowest BCUT2D eigenvalue weighted by molar-refractivity contribution is 0.233. The molecule has 1 aromatic carbocycles. The average Bonchev–Trinajstić information content (AvgIpc) is 2.48. The molecule has 1 saturated carbocycles. The smallest absolute Gasteiger partial charge is 0.0608 e. The molecule has 1 aromatic heterocycles. The van der Waals surface area contributed by atoms with E-state index in [1.54, 1.807) is 0 Å². The van der Waals surface area contributed by atoms with Crippen molar-refractivity contribution in [2.24, 2.45) is 10.9 Å². The Bertz CT molecular complexity index is 594. The maximum atomic E-state index is 4.65. The zero-order valence-corrected chi connectivity index (χ0v) is 9.27. The lowest BCUT2D eigenvalue weighted by Crippen LogP contribution is -2.35. The highest BCUT2D eigenvalue weighted by atomic mass is 14.9. The first-order chi connectivity index (χ1) is 7.84. The van der Waals surface area contributed by atoms with Gasteiger partial charge in [0.1, 0.15) is 0 Å². The molecular formula is C14H14N2. The van der Waals surface area contributed by atoms with Crippen LogP contribution in [0.25, 0.3) is 10.9 Å². The van der Waals surface area contributed by atoms with Crippen molar-refractivity contribution >= 4 is 17.1 Å². The summed E-state index contributed by atoms with van der Waals surface area (Å²) in [6, 6.07) is 9.15. The fourth-order valence-electron chi connectivity index (χ4n) is 3.20. The molecule has 0 amide bonds. The summed E-state index contributed by atoms with van der Waals surface area (Å²) >= 11 is 0. The standard InChI is InChI=1S/C14H14N2/c1-8-10-6-12(8)15-7-13-14(10)9-4-2-3-5-11(9)16-13/h2-5,7-8,10,12,16H,6H2,1H3. The third-order valence-corrected chi connectivity index (χ3v) is 4.28. The predicted octanol–water partition coefficient (Wildman–Crippen LogP) is 3.09. The average molecular weight is 210 g/mol. The van der Waals surface area contributed by atoms with Crippen LogP contribution in [0.3, 0.4) is 0 Å². The molecule has 2 aliphatic heterocycles. The Morgan fingerprint density at radius 2 is 2.19 bits per heavy atom. The second-order valence-electron chi connectivity index (χ2n) is 5.04. The van der Waals surface area contributed by atoms with E-state index in [1.807, 2.05) is 6.21 Å². The fraction of sp³-hybridized carbons (Fsp3) is 0.357. The van der Waals surface area contributed by atoms with Crippen molar-refractivity contribution in [3.05, 3.63) is 35.5 Å². The van der Waals surface area contributed by atoms with Gasteiger partial charge >= 0.3 is 0 Å². The van der Waals surface area contributed by atoms with Crippen molar-refractivity contribution in [2.75, 3.05) is 0 Å². The van der Waals surface area contributed by atoms with E-state index in [0.29, 0.717) is 17.9 Å². The second-order valence-corrected chi connectivity index (χ2v) is 5.04. The van der Waals surface area contributed by atoms with Gasteiger partial charge in [0.25, 0.3) is 0 Å². The van der Waals surface area contributed by atoms with Crippen molar-refractivity contribution in [1.29, 1.82) is 0 Å². The number of aromatic amines is 1. The van der Waals surface area contributed by atoms with Gasteiger partial charge in [0.05, 0.1) is 11.7 Å². The summed E-state index contributed by atoms with van der Waals surface area (Å²) in [6.07, 6.45) is 3.27. The molecule has 80 valence electrons. The SMILES string of the molecule is CC1C2CC1c1c([nH]c3ccccc13)C=N2. The highest BCUT2D eigenvalue weighted by molar-refractivity contribution is 5.95. The number of H-pyrrole nitrogens is 1.